The predicted octanol–water partition coefficient (Wildman–Crippen LogP) is 1.13. The van der Waals surface area contributed by atoms with Crippen molar-refractivity contribution < 1.29 is 4.74 Å². The Morgan fingerprint density at radius 3 is 2.90 bits per heavy atom. The summed E-state index contributed by atoms with van der Waals surface area (Å²) >= 11 is 0. The third-order valence-electron chi connectivity index (χ3n) is 3.99. The van der Waals surface area contributed by atoms with Crippen molar-refractivity contribution in [1.82, 2.24) is 24.2 Å². The molecule has 0 aliphatic carbocycles. The van der Waals surface area contributed by atoms with Gasteiger partial charge >= 0.3 is 0 Å². The molecule has 1 aliphatic rings. The lowest BCUT2D eigenvalue weighted by Crippen LogP contribution is -2.44. The summed E-state index contributed by atoms with van der Waals surface area (Å²) in [6.07, 6.45) is 4.03. The van der Waals surface area contributed by atoms with Crippen LogP contribution in [0, 0.1) is 13.8 Å². The van der Waals surface area contributed by atoms with Crippen molar-refractivity contribution in [3.05, 3.63) is 35.7 Å². The summed E-state index contributed by atoms with van der Waals surface area (Å²) < 4.78 is 10.0. The maximum atomic E-state index is 5.90. The van der Waals surface area contributed by atoms with Crippen LogP contribution in [0.3, 0.4) is 0 Å². The first-order valence-corrected chi connectivity index (χ1v) is 7.43. The van der Waals surface area contributed by atoms with Crippen molar-refractivity contribution in [2.75, 3.05) is 19.7 Å². The van der Waals surface area contributed by atoms with Crippen LogP contribution in [0.15, 0.2) is 18.5 Å². The molecule has 6 heteroatoms. The zero-order chi connectivity index (χ0) is 14.8. The third-order valence-corrected chi connectivity index (χ3v) is 3.99. The van der Waals surface area contributed by atoms with Crippen LogP contribution < -0.4 is 0 Å². The minimum atomic E-state index is 0.192. The van der Waals surface area contributed by atoms with Crippen molar-refractivity contribution in [3.8, 4) is 0 Å². The molecule has 0 N–H and O–H groups in total. The highest BCUT2D eigenvalue weighted by Crippen LogP contribution is 2.12. The van der Waals surface area contributed by atoms with Gasteiger partial charge in [0.2, 0.25) is 0 Å². The van der Waals surface area contributed by atoms with Crippen LogP contribution in [-0.4, -0.2) is 50.0 Å². The van der Waals surface area contributed by atoms with E-state index in [4.69, 9.17) is 4.74 Å². The summed E-state index contributed by atoms with van der Waals surface area (Å²) in [6.45, 7) is 8.46. The molecule has 3 heterocycles. The first kappa shape index (κ1) is 14.3. The SMILES string of the molecule is Cc1cc(C)n(CC2CN(Cc3nccn3C)CCO2)n1. The van der Waals surface area contributed by atoms with Gasteiger partial charge in [-0.2, -0.15) is 5.10 Å². The quantitative estimate of drug-likeness (QED) is 0.847. The Labute approximate surface area is 125 Å². The minimum Gasteiger partial charge on any atom is -0.374 e. The van der Waals surface area contributed by atoms with E-state index in [1.807, 2.05) is 31.0 Å². The Morgan fingerprint density at radius 1 is 1.38 bits per heavy atom. The highest BCUT2D eigenvalue weighted by atomic mass is 16.5. The molecule has 21 heavy (non-hydrogen) atoms. The molecule has 3 rings (SSSR count). The Hall–Kier alpha value is -1.66. The maximum Gasteiger partial charge on any atom is 0.122 e. The second-order valence-corrected chi connectivity index (χ2v) is 5.79. The summed E-state index contributed by atoms with van der Waals surface area (Å²) in [4.78, 5) is 6.80. The van der Waals surface area contributed by atoms with Gasteiger partial charge in [0, 0.05) is 38.2 Å². The van der Waals surface area contributed by atoms with Crippen molar-refractivity contribution in [3.63, 3.8) is 0 Å². The monoisotopic (exact) mass is 289 g/mol. The molecule has 114 valence electrons. The number of morpholine rings is 1. The maximum absolute atomic E-state index is 5.90. The average molecular weight is 289 g/mol. The van der Waals surface area contributed by atoms with Gasteiger partial charge in [0.05, 0.1) is 31.5 Å². The summed E-state index contributed by atoms with van der Waals surface area (Å²) in [5.74, 6) is 1.10. The number of aryl methyl sites for hydroxylation is 3. The third kappa shape index (κ3) is 3.33. The van der Waals surface area contributed by atoms with Gasteiger partial charge in [0.1, 0.15) is 5.82 Å². The normalized spacial score (nSPS) is 20.0. The van der Waals surface area contributed by atoms with Gasteiger partial charge < -0.3 is 9.30 Å². The number of ether oxygens (including phenoxy) is 1. The van der Waals surface area contributed by atoms with Gasteiger partial charge in [-0.15, -0.1) is 0 Å². The van der Waals surface area contributed by atoms with Gasteiger partial charge in [0.25, 0.3) is 0 Å². The molecular weight excluding hydrogens is 266 g/mol. The van der Waals surface area contributed by atoms with Gasteiger partial charge in [-0.3, -0.25) is 9.58 Å². The van der Waals surface area contributed by atoms with E-state index in [0.717, 1.165) is 44.3 Å². The standard InChI is InChI=1S/C15H23N5O/c1-12-8-13(2)20(17-12)10-14-9-19(6-7-21-14)11-15-16-4-5-18(15)3/h4-5,8,14H,6-7,9-11H2,1-3H3. The van der Waals surface area contributed by atoms with Gasteiger partial charge in [-0.1, -0.05) is 0 Å². The van der Waals surface area contributed by atoms with Crippen molar-refractivity contribution in [2.45, 2.75) is 33.0 Å². The molecule has 0 spiro atoms. The van der Waals surface area contributed by atoms with E-state index in [-0.39, 0.29) is 6.10 Å². The molecule has 1 saturated heterocycles. The van der Waals surface area contributed by atoms with E-state index in [9.17, 15) is 0 Å². The van der Waals surface area contributed by atoms with Crippen LogP contribution in [0.1, 0.15) is 17.2 Å². The molecule has 0 bridgehead atoms. The molecule has 0 aromatic carbocycles. The lowest BCUT2D eigenvalue weighted by Gasteiger charge is -2.32. The van der Waals surface area contributed by atoms with Crippen molar-refractivity contribution in [2.24, 2.45) is 7.05 Å². The molecule has 2 aromatic rings. The molecule has 0 saturated carbocycles. The summed E-state index contributed by atoms with van der Waals surface area (Å²) in [5, 5.41) is 4.52. The van der Waals surface area contributed by atoms with Gasteiger partial charge in [-0.05, 0) is 19.9 Å². The molecule has 1 unspecified atom stereocenters. The molecule has 1 atom stereocenters. The Morgan fingerprint density at radius 2 is 2.24 bits per heavy atom. The second-order valence-electron chi connectivity index (χ2n) is 5.79. The minimum absolute atomic E-state index is 0.192. The van der Waals surface area contributed by atoms with E-state index in [0.29, 0.717) is 0 Å². The number of hydrogen-bond acceptors (Lipinski definition) is 4. The zero-order valence-electron chi connectivity index (χ0n) is 13.0. The summed E-state index contributed by atoms with van der Waals surface area (Å²) in [6, 6.07) is 2.11. The molecular formula is C15H23N5O. The van der Waals surface area contributed by atoms with Gasteiger partial charge in [-0.25, -0.2) is 4.98 Å². The van der Waals surface area contributed by atoms with Crippen LogP contribution in [0.4, 0.5) is 0 Å². The first-order chi connectivity index (χ1) is 10.1. The topological polar surface area (TPSA) is 48.1 Å². The predicted molar refractivity (Wildman–Crippen MR) is 79.9 cm³/mol. The molecule has 6 nitrogen and oxygen atoms in total. The number of rotatable bonds is 4. The van der Waals surface area contributed by atoms with Gasteiger partial charge in [0.15, 0.2) is 0 Å². The molecule has 1 fully saturated rings. The lowest BCUT2D eigenvalue weighted by molar-refractivity contribution is -0.0413. The number of imidazole rings is 1. The fraction of sp³-hybridized carbons (Fsp3) is 0.600. The van der Waals surface area contributed by atoms with Crippen molar-refractivity contribution in [1.29, 1.82) is 0 Å². The Kier molecular flexibility index (Phi) is 4.07. The largest absolute Gasteiger partial charge is 0.374 e. The van der Waals surface area contributed by atoms with Crippen LogP contribution in [0.25, 0.3) is 0 Å². The number of nitrogens with zero attached hydrogens (tertiary/aromatic N) is 5. The van der Waals surface area contributed by atoms with E-state index in [1.54, 1.807) is 0 Å². The van der Waals surface area contributed by atoms with Crippen LogP contribution in [0.2, 0.25) is 0 Å². The van der Waals surface area contributed by atoms with E-state index in [2.05, 4.69) is 32.5 Å². The molecule has 2 aromatic heterocycles. The highest BCUT2D eigenvalue weighted by molar-refractivity contribution is 5.06. The zero-order valence-corrected chi connectivity index (χ0v) is 13.0. The van der Waals surface area contributed by atoms with E-state index in [1.165, 1.54) is 5.69 Å². The number of hydrogen-bond donors (Lipinski definition) is 0. The molecule has 0 amide bonds. The van der Waals surface area contributed by atoms with E-state index >= 15 is 0 Å². The van der Waals surface area contributed by atoms with Crippen molar-refractivity contribution >= 4 is 0 Å². The first-order valence-electron chi connectivity index (χ1n) is 7.43. The Bertz CT molecular complexity index is 603. The fourth-order valence-corrected chi connectivity index (χ4v) is 2.84. The fourth-order valence-electron chi connectivity index (χ4n) is 2.84. The smallest absolute Gasteiger partial charge is 0.122 e. The summed E-state index contributed by atoms with van der Waals surface area (Å²) in [7, 11) is 2.04. The Balaban J connectivity index is 1.60. The average Bonchev–Trinajstić information content (AvgIpc) is 2.97. The summed E-state index contributed by atoms with van der Waals surface area (Å²) in [5.41, 5.74) is 2.26. The lowest BCUT2D eigenvalue weighted by atomic mass is 10.2. The van der Waals surface area contributed by atoms with Crippen LogP contribution in [0.5, 0.6) is 0 Å². The van der Waals surface area contributed by atoms with Crippen LogP contribution in [-0.2, 0) is 24.9 Å². The van der Waals surface area contributed by atoms with Crippen LogP contribution >= 0.6 is 0 Å². The van der Waals surface area contributed by atoms with E-state index < -0.39 is 0 Å². The highest BCUT2D eigenvalue weighted by Gasteiger charge is 2.22. The molecule has 0 radical (unpaired) electrons. The molecule has 1 aliphatic heterocycles. The number of aromatic nitrogens is 4. The second kappa shape index (κ2) is 5.99.